The second-order valence-electron chi connectivity index (χ2n) is 6.35. The van der Waals surface area contributed by atoms with Crippen molar-refractivity contribution in [2.24, 2.45) is 0 Å². The minimum atomic E-state index is -0.472. The first-order valence-electron chi connectivity index (χ1n) is 9.05. The van der Waals surface area contributed by atoms with Gasteiger partial charge in [-0.05, 0) is 24.6 Å². The molecule has 0 radical (unpaired) electrons. The lowest BCUT2D eigenvalue weighted by molar-refractivity contribution is -0.134. The van der Waals surface area contributed by atoms with Crippen molar-refractivity contribution in [1.82, 2.24) is 20.5 Å². The fourth-order valence-corrected chi connectivity index (χ4v) is 2.96. The maximum atomic E-state index is 12.3. The number of carbonyl (C=O) groups is 2. The number of rotatable bonds is 9. The molecular weight excluding hydrogens is 348 g/mol. The Kier molecular flexibility index (Phi) is 6.81. The van der Waals surface area contributed by atoms with Gasteiger partial charge in [-0.25, -0.2) is 0 Å². The lowest BCUT2D eigenvalue weighted by Gasteiger charge is -2.34. The van der Waals surface area contributed by atoms with Crippen LogP contribution in [0.1, 0.15) is 18.4 Å². The molecule has 0 spiro atoms. The van der Waals surface area contributed by atoms with Crippen molar-refractivity contribution in [1.29, 1.82) is 0 Å². The van der Waals surface area contributed by atoms with Crippen LogP contribution < -0.4 is 15.4 Å². The number of carbonyl (C=O) groups excluding carboxylic acids is 2. The van der Waals surface area contributed by atoms with Crippen LogP contribution in [0.3, 0.4) is 0 Å². The van der Waals surface area contributed by atoms with Crippen LogP contribution in [0.5, 0.6) is 5.75 Å². The van der Waals surface area contributed by atoms with Gasteiger partial charge >= 0.3 is 0 Å². The summed E-state index contributed by atoms with van der Waals surface area (Å²) in [5, 5.41) is 5.69. The molecule has 1 unspecified atom stereocenters. The molecule has 0 bridgehead atoms. The number of piperazine rings is 1. The predicted molar refractivity (Wildman–Crippen MR) is 97.9 cm³/mol. The minimum absolute atomic E-state index is 0.111. The van der Waals surface area contributed by atoms with Crippen LogP contribution in [0, 0.1) is 0 Å². The first kappa shape index (κ1) is 18.9. The molecule has 0 saturated carbocycles. The highest BCUT2D eigenvalue weighted by molar-refractivity contribution is 5.88. The van der Waals surface area contributed by atoms with Crippen molar-refractivity contribution < 1.29 is 18.7 Å². The van der Waals surface area contributed by atoms with Crippen molar-refractivity contribution in [3.8, 4) is 5.75 Å². The van der Waals surface area contributed by atoms with Gasteiger partial charge in [-0.2, -0.15) is 0 Å². The van der Waals surface area contributed by atoms with Crippen LogP contribution in [-0.4, -0.2) is 54.0 Å². The number of nitrogens with one attached hydrogen (secondary N) is 2. The quantitative estimate of drug-likeness (QED) is 0.636. The van der Waals surface area contributed by atoms with Gasteiger partial charge in [0.1, 0.15) is 5.75 Å². The summed E-state index contributed by atoms with van der Waals surface area (Å²) in [4.78, 5) is 30.5. The number of hydrogen-bond donors (Lipinski definition) is 2. The largest absolute Gasteiger partial charge is 0.492 e. The SMILES string of the molecule is O=C(CC1C(=O)NCCN1Cc1ccoc1)NCCCOc1cccnc1. The van der Waals surface area contributed by atoms with Gasteiger partial charge in [-0.3, -0.25) is 19.5 Å². The van der Waals surface area contributed by atoms with E-state index in [9.17, 15) is 9.59 Å². The molecule has 1 aliphatic rings. The Hall–Kier alpha value is -2.87. The Bertz CT molecular complexity index is 721. The van der Waals surface area contributed by atoms with Gasteiger partial charge in [0.2, 0.25) is 11.8 Å². The second-order valence-corrected chi connectivity index (χ2v) is 6.35. The molecule has 2 aromatic rings. The Balaban J connectivity index is 1.40. The summed E-state index contributed by atoms with van der Waals surface area (Å²) in [6.07, 6.45) is 7.41. The van der Waals surface area contributed by atoms with Gasteiger partial charge < -0.3 is 19.8 Å². The van der Waals surface area contributed by atoms with Crippen molar-refractivity contribution in [3.05, 3.63) is 48.7 Å². The van der Waals surface area contributed by atoms with E-state index in [1.165, 1.54) is 0 Å². The number of furan rings is 1. The molecule has 1 aliphatic heterocycles. The standard InChI is InChI=1S/C19H24N4O4/c24-18(21-6-2-9-27-16-3-1-5-20-12-16)11-17-19(25)22-7-8-23(17)13-15-4-10-26-14-15/h1,3-5,10,12,14,17H,2,6-9,11,13H2,(H,21,24)(H,22,25). The topological polar surface area (TPSA) is 96.7 Å². The zero-order valence-electron chi connectivity index (χ0n) is 15.1. The van der Waals surface area contributed by atoms with E-state index < -0.39 is 6.04 Å². The molecule has 2 aromatic heterocycles. The summed E-state index contributed by atoms with van der Waals surface area (Å²) >= 11 is 0. The Morgan fingerprint density at radius 1 is 1.44 bits per heavy atom. The lowest BCUT2D eigenvalue weighted by atomic mass is 10.1. The molecule has 0 aromatic carbocycles. The van der Waals surface area contributed by atoms with E-state index in [-0.39, 0.29) is 18.2 Å². The van der Waals surface area contributed by atoms with Gasteiger partial charge in [-0.15, -0.1) is 0 Å². The first-order chi connectivity index (χ1) is 13.2. The molecule has 144 valence electrons. The number of ether oxygens (including phenoxy) is 1. The number of pyridine rings is 1. The van der Waals surface area contributed by atoms with Crippen LogP contribution in [0.15, 0.2) is 47.5 Å². The highest BCUT2D eigenvalue weighted by Gasteiger charge is 2.31. The first-order valence-corrected chi connectivity index (χ1v) is 9.05. The second kappa shape index (κ2) is 9.72. The normalized spacial score (nSPS) is 17.3. The fraction of sp³-hybridized carbons (Fsp3) is 0.421. The van der Waals surface area contributed by atoms with E-state index in [2.05, 4.69) is 15.6 Å². The summed E-state index contributed by atoms with van der Waals surface area (Å²) in [7, 11) is 0. The van der Waals surface area contributed by atoms with E-state index >= 15 is 0 Å². The average molecular weight is 372 g/mol. The Labute approximate surface area is 157 Å². The highest BCUT2D eigenvalue weighted by Crippen LogP contribution is 2.14. The smallest absolute Gasteiger partial charge is 0.237 e. The Morgan fingerprint density at radius 3 is 3.15 bits per heavy atom. The van der Waals surface area contributed by atoms with Gasteiger partial charge in [0.25, 0.3) is 0 Å². The van der Waals surface area contributed by atoms with Crippen LogP contribution >= 0.6 is 0 Å². The molecular formula is C19H24N4O4. The number of amides is 2. The molecule has 8 heteroatoms. The van der Waals surface area contributed by atoms with Gasteiger partial charge in [-0.1, -0.05) is 0 Å². The number of nitrogens with zero attached hydrogens (tertiary/aromatic N) is 2. The molecule has 1 atom stereocenters. The summed E-state index contributed by atoms with van der Waals surface area (Å²) in [5.41, 5.74) is 0.989. The third-order valence-corrected chi connectivity index (χ3v) is 4.33. The maximum absolute atomic E-state index is 12.3. The van der Waals surface area contributed by atoms with Crippen molar-refractivity contribution in [2.45, 2.75) is 25.4 Å². The third-order valence-electron chi connectivity index (χ3n) is 4.33. The van der Waals surface area contributed by atoms with Crippen LogP contribution in [-0.2, 0) is 16.1 Å². The fourth-order valence-electron chi connectivity index (χ4n) is 2.96. The highest BCUT2D eigenvalue weighted by atomic mass is 16.5. The van der Waals surface area contributed by atoms with E-state index in [4.69, 9.17) is 9.15 Å². The van der Waals surface area contributed by atoms with Crippen molar-refractivity contribution in [2.75, 3.05) is 26.2 Å². The van der Waals surface area contributed by atoms with E-state index in [1.54, 1.807) is 24.9 Å². The van der Waals surface area contributed by atoms with Gasteiger partial charge in [0, 0.05) is 37.9 Å². The number of aromatic nitrogens is 1. The number of hydrogen-bond acceptors (Lipinski definition) is 6. The summed E-state index contributed by atoms with van der Waals surface area (Å²) in [6.45, 7) is 2.85. The predicted octanol–water partition coefficient (Wildman–Crippen LogP) is 0.950. The van der Waals surface area contributed by atoms with E-state index in [0.717, 1.165) is 5.56 Å². The van der Waals surface area contributed by atoms with Crippen LogP contribution in [0.2, 0.25) is 0 Å². The van der Waals surface area contributed by atoms with E-state index in [1.807, 2.05) is 23.1 Å². The molecule has 3 heterocycles. The molecule has 8 nitrogen and oxygen atoms in total. The minimum Gasteiger partial charge on any atom is -0.492 e. The summed E-state index contributed by atoms with van der Waals surface area (Å²) in [6, 6.07) is 5.04. The monoisotopic (exact) mass is 372 g/mol. The molecule has 2 N–H and O–H groups in total. The van der Waals surface area contributed by atoms with Crippen LogP contribution in [0.4, 0.5) is 0 Å². The molecule has 27 heavy (non-hydrogen) atoms. The molecule has 1 fully saturated rings. The Morgan fingerprint density at radius 2 is 2.37 bits per heavy atom. The van der Waals surface area contributed by atoms with Crippen molar-refractivity contribution in [3.63, 3.8) is 0 Å². The average Bonchev–Trinajstić information content (AvgIpc) is 3.18. The maximum Gasteiger partial charge on any atom is 0.237 e. The molecule has 1 saturated heterocycles. The van der Waals surface area contributed by atoms with Crippen molar-refractivity contribution >= 4 is 11.8 Å². The zero-order chi connectivity index (χ0) is 18.9. The molecule has 3 rings (SSSR count). The van der Waals surface area contributed by atoms with Gasteiger partial charge in [0.05, 0.1) is 37.8 Å². The third kappa shape index (κ3) is 5.82. The van der Waals surface area contributed by atoms with E-state index in [0.29, 0.717) is 45.0 Å². The van der Waals surface area contributed by atoms with Crippen LogP contribution in [0.25, 0.3) is 0 Å². The summed E-state index contributed by atoms with van der Waals surface area (Å²) in [5.74, 6) is 0.452. The zero-order valence-corrected chi connectivity index (χ0v) is 15.1. The molecule has 2 amide bonds. The summed E-state index contributed by atoms with van der Waals surface area (Å²) < 4.78 is 10.6. The lowest BCUT2D eigenvalue weighted by Crippen LogP contribution is -2.56. The molecule has 0 aliphatic carbocycles. The van der Waals surface area contributed by atoms with Gasteiger partial charge in [0.15, 0.2) is 0 Å².